The quantitative estimate of drug-likeness (QED) is 0.0821. The third-order valence-electron chi connectivity index (χ3n) is 6.31. The number of carbonyl (C=O) groups excluding carboxylic acids is 2. The Morgan fingerprint density at radius 3 is 2.15 bits per heavy atom. The number of benzene rings is 4. The van der Waals surface area contributed by atoms with Crippen molar-refractivity contribution in [3.63, 3.8) is 0 Å². The predicted molar refractivity (Wildman–Crippen MR) is 160 cm³/mol. The molecule has 40 heavy (non-hydrogen) atoms. The Labute approximate surface area is 234 Å². The van der Waals surface area contributed by atoms with Crippen molar-refractivity contribution >= 4 is 40.6 Å². The molecular formula is C32H36N4O4. The van der Waals surface area contributed by atoms with Crippen LogP contribution in [0.2, 0.25) is 0 Å². The highest BCUT2D eigenvalue weighted by Gasteiger charge is 2.28. The molecule has 0 radical (unpaired) electrons. The van der Waals surface area contributed by atoms with Crippen LogP contribution in [0.5, 0.6) is 0 Å². The van der Waals surface area contributed by atoms with Crippen molar-refractivity contribution in [2.45, 2.75) is 33.2 Å². The molecular weight excluding hydrogens is 504 g/mol. The smallest absolute Gasteiger partial charge is 0.290 e. The highest BCUT2D eigenvalue weighted by molar-refractivity contribution is 6.07. The fraction of sp³-hybridized carbons (Fsp3) is 0.188. The largest absolute Gasteiger partial charge is 0.483 e. The van der Waals surface area contributed by atoms with E-state index in [1.54, 1.807) is 24.3 Å². The van der Waals surface area contributed by atoms with Crippen LogP contribution in [0.4, 0.5) is 5.69 Å². The van der Waals surface area contributed by atoms with Gasteiger partial charge in [0, 0.05) is 11.3 Å². The lowest BCUT2D eigenvalue weighted by Gasteiger charge is -2.21. The summed E-state index contributed by atoms with van der Waals surface area (Å²) in [7, 11) is 0. The van der Waals surface area contributed by atoms with Crippen LogP contribution in [0.1, 0.15) is 43.5 Å². The number of rotatable bonds is 9. The van der Waals surface area contributed by atoms with Crippen molar-refractivity contribution in [2.24, 2.45) is 11.7 Å². The van der Waals surface area contributed by atoms with Gasteiger partial charge in [0.1, 0.15) is 11.8 Å². The number of carbonyl (C=O) groups is 3. The highest BCUT2D eigenvalue weighted by Crippen LogP contribution is 2.25. The SMILES string of the molecule is C.C[C@@H](NC(=O)C(CCc1ccccc1)C(=O)Nc1ccc(C(=N)N)cc1)c1cccc2ccccc12.O=CO. The topological polar surface area (TPSA) is 145 Å². The van der Waals surface area contributed by atoms with Gasteiger partial charge in [0.05, 0.1) is 6.04 Å². The highest BCUT2D eigenvalue weighted by atomic mass is 16.3. The summed E-state index contributed by atoms with van der Waals surface area (Å²) < 4.78 is 0. The minimum atomic E-state index is -0.880. The molecule has 8 nitrogen and oxygen atoms in total. The van der Waals surface area contributed by atoms with Crippen LogP contribution in [-0.2, 0) is 20.8 Å². The number of carboxylic acid groups (broad SMARTS) is 1. The van der Waals surface area contributed by atoms with Crippen LogP contribution in [-0.4, -0.2) is 29.2 Å². The van der Waals surface area contributed by atoms with Crippen molar-refractivity contribution in [3.8, 4) is 0 Å². The molecule has 6 N–H and O–H groups in total. The summed E-state index contributed by atoms with van der Waals surface area (Å²) in [5.74, 6) is -1.61. The van der Waals surface area contributed by atoms with E-state index in [4.69, 9.17) is 21.0 Å². The molecule has 8 heteroatoms. The average Bonchev–Trinajstić information content (AvgIpc) is 2.94. The van der Waals surface area contributed by atoms with Gasteiger partial charge in [-0.15, -0.1) is 0 Å². The van der Waals surface area contributed by atoms with Crippen molar-refractivity contribution in [2.75, 3.05) is 5.32 Å². The third kappa shape index (κ3) is 8.52. The van der Waals surface area contributed by atoms with Crippen LogP contribution in [0.15, 0.2) is 97.1 Å². The fourth-order valence-corrected chi connectivity index (χ4v) is 4.32. The number of nitrogen functional groups attached to an aromatic ring is 1. The number of anilines is 1. The maximum atomic E-state index is 13.4. The van der Waals surface area contributed by atoms with Crippen molar-refractivity contribution in [3.05, 3.63) is 114 Å². The summed E-state index contributed by atoms with van der Waals surface area (Å²) in [4.78, 5) is 35.1. The van der Waals surface area contributed by atoms with E-state index in [1.807, 2.05) is 79.7 Å². The van der Waals surface area contributed by atoms with Crippen LogP contribution in [0.3, 0.4) is 0 Å². The van der Waals surface area contributed by atoms with Gasteiger partial charge < -0.3 is 21.5 Å². The molecule has 0 fully saturated rings. The van der Waals surface area contributed by atoms with Gasteiger partial charge in [0.15, 0.2) is 0 Å². The lowest BCUT2D eigenvalue weighted by Crippen LogP contribution is -2.39. The monoisotopic (exact) mass is 540 g/mol. The van der Waals surface area contributed by atoms with E-state index in [2.05, 4.69) is 10.6 Å². The molecule has 0 aliphatic carbocycles. The second kappa shape index (κ2) is 15.4. The number of nitrogens with two attached hydrogens (primary N) is 1. The van der Waals surface area contributed by atoms with Crippen LogP contribution in [0, 0.1) is 11.3 Å². The van der Waals surface area contributed by atoms with E-state index in [-0.39, 0.29) is 37.6 Å². The molecule has 2 amide bonds. The number of amidine groups is 1. The van der Waals surface area contributed by atoms with Crippen LogP contribution >= 0.6 is 0 Å². The summed E-state index contributed by atoms with van der Waals surface area (Å²) in [5, 5.41) is 22.5. The van der Waals surface area contributed by atoms with Crippen molar-refractivity contribution in [1.29, 1.82) is 5.41 Å². The van der Waals surface area contributed by atoms with Crippen molar-refractivity contribution < 1.29 is 19.5 Å². The molecule has 0 aromatic heterocycles. The zero-order chi connectivity index (χ0) is 28.2. The Hall–Kier alpha value is -4.98. The molecule has 0 heterocycles. The first kappa shape index (κ1) is 31.2. The standard InChI is InChI=1S/C30H30N4O2.CH2O2.CH4/c1-20(25-13-7-11-22-10-5-6-12-26(22)25)33-29(35)27(19-14-21-8-3-2-4-9-21)30(36)34-24-17-15-23(16-18-24)28(31)32;2-1-3;/h2-13,15-18,20,27H,14,19H2,1H3,(H3,31,32)(H,33,35)(H,34,36);1H,(H,2,3);1H4/t20-,27?;;/m1../s1. The second-order valence-corrected chi connectivity index (χ2v) is 8.96. The normalized spacial score (nSPS) is 11.5. The maximum absolute atomic E-state index is 13.4. The molecule has 0 saturated heterocycles. The average molecular weight is 541 g/mol. The van der Waals surface area contributed by atoms with E-state index in [1.165, 1.54) is 0 Å². The Bertz CT molecular complexity index is 1420. The fourth-order valence-electron chi connectivity index (χ4n) is 4.32. The number of fused-ring (bicyclic) bond motifs is 1. The number of nitrogens with one attached hydrogen (secondary N) is 3. The maximum Gasteiger partial charge on any atom is 0.290 e. The Morgan fingerprint density at radius 2 is 1.50 bits per heavy atom. The zero-order valence-electron chi connectivity index (χ0n) is 21.6. The first-order valence-corrected chi connectivity index (χ1v) is 12.5. The first-order chi connectivity index (χ1) is 18.8. The van der Waals surface area contributed by atoms with Gasteiger partial charge >= 0.3 is 0 Å². The third-order valence-corrected chi connectivity index (χ3v) is 6.31. The summed E-state index contributed by atoms with van der Waals surface area (Å²) >= 11 is 0. The first-order valence-electron chi connectivity index (χ1n) is 12.5. The summed E-state index contributed by atoms with van der Waals surface area (Å²) in [6.45, 7) is 1.69. The number of hydrogen-bond acceptors (Lipinski definition) is 4. The van der Waals surface area contributed by atoms with Gasteiger partial charge in [0.2, 0.25) is 11.8 Å². The van der Waals surface area contributed by atoms with E-state index in [9.17, 15) is 9.59 Å². The molecule has 2 atom stereocenters. The van der Waals surface area contributed by atoms with Gasteiger partial charge in [-0.25, -0.2) is 0 Å². The Morgan fingerprint density at radius 1 is 0.900 bits per heavy atom. The molecule has 208 valence electrons. The van der Waals surface area contributed by atoms with Crippen LogP contribution < -0.4 is 16.4 Å². The Balaban J connectivity index is 0.00000134. The molecule has 4 rings (SSSR count). The van der Waals surface area contributed by atoms with E-state index < -0.39 is 5.92 Å². The predicted octanol–water partition coefficient (Wildman–Crippen LogP) is 5.53. The molecule has 0 aliphatic heterocycles. The zero-order valence-corrected chi connectivity index (χ0v) is 21.6. The van der Waals surface area contributed by atoms with Crippen molar-refractivity contribution in [1.82, 2.24) is 5.32 Å². The summed E-state index contributed by atoms with van der Waals surface area (Å²) in [6, 6.07) is 30.3. The van der Waals surface area contributed by atoms with E-state index in [0.717, 1.165) is 21.9 Å². The number of hydrogen-bond donors (Lipinski definition) is 5. The van der Waals surface area contributed by atoms with Gasteiger partial charge in [-0.1, -0.05) is 80.2 Å². The van der Waals surface area contributed by atoms with Gasteiger partial charge in [-0.2, -0.15) is 0 Å². The number of amides is 2. The molecule has 0 aliphatic rings. The second-order valence-electron chi connectivity index (χ2n) is 8.96. The minimum Gasteiger partial charge on any atom is -0.483 e. The minimum absolute atomic E-state index is 0. The van der Waals surface area contributed by atoms with Crippen LogP contribution in [0.25, 0.3) is 10.8 Å². The molecule has 4 aromatic carbocycles. The molecule has 0 bridgehead atoms. The van der Waals surface area contributed by atoms with Gasteiger partial charge in [0.25, 0.3) is 6.47 Å². The lowest BCUT2D eigenvalue weighted by molar-refractivity contribution is -0.133. The molecule has 0 saturated carbocycles. The Kier molecular flexibility index (Phi) is 12.1. The van der Waals surface area contributed by atoms with Gasteiger partial charge in [-0.05, 0) is 65.9 Å². The summed E-state index contributed by atoms with van der Waals surface area (Å²) in [5.41, 5.74) is 8.70. The summed E-state index contributed by atoms with van der Waals surface area (Å²) in [6.07, 6.45) is 0.966. The number of aryl methyl sites for hydroxylation is 1. The molecule has 0 spiro atoms. The molecule has 4 aromatic rings. The lowest BCUT2D eigenvalue weighted by atomic mass is 9.95. The van der Waals surface area contributed by atoms with Gasteiger partial charge in [-0.3, -0.25) is 19.8 Å². The molecule has 1 unspecified atom stereocenters. The van der Waals surface area contributed by atoms with E-state index >= 15 is 0 Å². The van der Waals surface area contributed by atoms with E-state index in [0.29, 0.717) is 24.1 Å².